The second kappa shape index (κ2) is 7.54. The molecule has 2 atom stereocenters. The zero-order chi connectivity index (χ0) is 16.8. The van der Waals surface area contributed by atoms with Crippen molar-refractivity contribution in [2.45, 2.75) is 38.6 Å². The molecule has 2 rings (SSSR count). The Kier molecular flexibility index (Phi) is 5.47. The van der Waals surface area contributed by atoms with Crippen molar-refractivity contribution in [3.8, 4) is 6.07 Å². The number of carbonyl (C=O) groups excluding carboxylic acids is 1. The van der Waals surface area contributed by atoms with Gasteiger partial charge in [0.15, 0.2) is 0 Å². The molecule has 0 aromatic heterocycles. The number of non-ortho nitro benzene ring substituents is 1. The number of nitriles is 1. The van der Waals surface area contributed by atoms with Gasteiger partial charge in [-0.15, -0.1) is 0 Å². The van der Waals surface area contributed by atoms with E-state index in [1.54, 1.807) is 0 Å². The predicted molar refractivity (Wildman–Crippen MR) is 86.2 cm³/mol. The molecule has 1 aromatic rings. The maximum atomic E-state index is 12.3. The first kappa shape index (κ1) is 16.7. The Morgan fingerprint density at radius 1 is 1.35 bits per heavy atom. The van der Waals surface area contributed by atoms with Crippen LogP contribution in [0.2, 0.25) is 0 Å². The van der Waals surface area contributed by atoms with Gasteiger partial charge in [0.25, 0.3) is 11.6 Å². The summed E-state index contributed by atoms with van der Waals surface area (Å²) in [7, 11) is 0. The molecule has 0 radical (unpaired) electrons. The number of rotatable bonds is 4. The van der Waals surface area contributed by atoms with Gasteiger partial charge in [0, 0.05) is 18.2 Å². The average molecular weight is 313 g/mol. The number of nitro benzene ring substituents is 1. The summed E-state index contributed by atoms with van der Waals surface area (Å²) < 4.78 is 0. The van der Waals surface area contributed by atoms with Gasteiger partial charge < -0.3 is 5.32 Å². The molecule has 0 spiro atoms. The third kappa shape index (κ3) is 4.39. The van der Waals surface area contributed by atoms with E-state index in [1.807, 2.05) is 6.07 Å². The Labute approximate surface area is 135 Å². The Morgan fingerprint density at radius 3 is 2.57 bits per heavy atom. The molecule has 1 amide bonds. The second-order valence-electron chi connectivity index (χ2n) is 5.86. The highest BCUT2D eigenvalue weighted by Gasteiger charge is 2.24. The second-order valence-corrected chi connectivity index (χ2v) is 5.86. The van der Waals surface area contributed by atoms with Crippen molar-refractivity contribution in [1.82, 2.24) is 5.32 Å². The van der Waals surface area contributed by atoms with Gasteiger partial charge in [0.1, 0.15) is 11.6 Å². The summed E-state index contributed by atoms with van der Waals surface area (Å²) in [6, 6.07) is 7.75. The summed E-state index contributed by atoms with van der Waals surface area (Å²) in [5, 5.41) is 22.8. The summed E-state index contributed by atoms with van der Waals surface area (Å²) in [5.41, 5.74) is 0.566. The number of nitro groups is 1. The maximum absolute atomic E-state index is 12.3. The van der Waals surface area contributed by atoms with Crippen molar-refractivity contribution in [1.29, 1.82) is 5.26 Å². The van der Waals surface area contributed by atoms with E-state index in [9.17, 15) is 20.2 Å². The predicted octanol–water partition coefficient (Wildman–Crippen LogP) is 3.20. The van der Waals surface area contributed by atoms with Gasteiger partial charge in [0.05, 0.1) is 4.92 Å². The lowest BCUT2D eigenvalue weighted by Crippen LogP contribution is -2.41. The molecular weight excluding hydrogens is 294 g/mol. The highest BCUT2D eigenvalue weighted by molar-refractivity contribution is 6.01. The zero-order valence-electron chi connectivity index (χ0n) is 13.0. The lowest BCUT2D eigenvalue weighted by atomic mass is 9.86. The number of nitrogens with zero attached hydrogens (tertiary/aromatic N) is 2. The van der Waals surface area contributed by atoms with E-state index in [0.717, 1.165) is 19.3 Å². The van der Waals surface area contributed by atoms with Crippen LogP contribution in [0.15, 0.2) is 29.8 Å². The molecule has 6 heteroatoms. The smallest absolute Gasteiger partial charge is 0.269 e. The van der Waals surface area contributed by atoms with Crippen LogP contribution >= 0.6 is 0 Å². The molecule has 6 nitrogen and oxygen atoms in total. The quantitative estimate of drug-likeness (QED) is 0.399. The molecule has 23 heavy (non-hydrogen) atoms. The summed E-state index contributed by atoms with van der Waals surface area (Å²) >= 11 is 0. The molecule has 1 aliphatic rings. The van der Waals surface area contributed by atoms with Gasteiger partial charge in [-0.3, -0.25) is 14.9 Å². The molecule has 1 N–H and O–H groups in total. The third-order valence-corrected chi connectivity index (χ3v) is 4.21. The number of nitrogens with one attached hydrogen (secondary N) is 1. The summed E-state index contributed by atoms with van der Waals surface area (Å²) in [5.74, 6) is 0.0246. The fourth-order valence-electron chi connectivity index (χ4n) is 2.78. The molecule has 0 saturated heterocycles. The first-order chi connectivity index (χ1) is 11.0. The fraction of sp³-hybridized carbons (Fsp3) is 0.412. The van der Waals surface area contributed by atoms with Gasteiger partial charge in [-0.05, 0) is 42.5 Å². The summed E-state index contributed by atoms with van der Waals surface area (Å²) in [6.45, 7) is 2.11. The Balaban J connectivity index is 2.10. The number of benzene rings is 1. The van der Waals surface area contributed by atoms with Gasteiger partial charge in [-0.25, -0.2) is 0 Å². The van der Waals surface area contributed by atoms with Crippen LogP contribution in [-0.4, -0.2) is 16.9 Å². The SMILES string of the molecule is C[C@H]1CCCC[C@H]1NC(=O)/C(C#N)=C/c1ccc([N+](=O)[O-])cc1. The minimum absolute atomic E-state index is 0.0108. The van der Waals surface area contributed by atoms with Crippen LogP contribution in [0.25, 0.3) is 6.08 Å². The number of hydrogen-bond donors (Lipinski definition) is 1. The highest BCUT2D eigenvalue weighted by Crippen LogP contribution is 2.24. The maximum Gasteiger partial charge on any atom is 0.269 e. The monoisotopic (exact) mass is 313 g/mol. The van der Waals surface area contributed by atoms with Gasteiger partial charge in [0.2, 0.25) is 0 Å². The first-order valence-electron chi connectivity index (χ1n) is 7.68. The third-order valence-electron chi connectivity index (χ3n) is 4.21. The van der Waals surface area contributed by atoms with Crippen LogP contribution in [0.5, 0.6) is 0 Å². The molecular formula is C17H19N3O3. The molecule has 0 bridgehead atoms. The highest BCUT2D eigenvalue weighted by atomic mass is 16.6. The Morgan fingerprint density at radius 2 is 2.00 bits per heavy atom. The lowest BCUT2D eigenvalue weighted by molar-refractivity contribution is -0.384. The molecule has 0 aliphatic heterocycles. The van der Waals surface area contributed by atoms with Crippen molar-refractivity contribution in [3.63, 3.8) is 0 Å². The molecule has 120 valence electrons. The van der Waals surface area contributed by atoms with Crippen molar-refractivity contribution in [2.24, 2.45) is 5.92 Å². The van der Waals surface area contributed by atoms with Gasteiger partial charge in [-0.2, -0.15) is 5.26 Å². The topological polar surface area (TPSA) is 96.0 Å². The van der Waals surface area contributed by atoms with Crippen molar-refractivity contribution in [3.05, 3.63) is 45.5 Å². The van der Waals surface area contributed by atoms with Crippen LogP contribution < -0.4 is 5.32 Å². The number of hydrogen-bond acceptors (Lipinski definition) is 4. The minimum atomic E-state index is -0.490. The lowest BCUT2D eigenvalue weighted by Gasteiger charge is -2.29. The largest absolute Gasteiger partial charge is 0.348 e. The van der Waals surface area contributed by atoms with Crippen LogP contribution in [0, 0.1) is 27.4 Å². The van der Waals surface area contributed by atoms with Crippen molar-refractivity contribution >= 4 is 17.7 Å². The van der Waals surface area contributed by atoms with Crippen LogP contribution in [0.3, 0.4) is 0 Å². The van der Waals surface area contributed by atoms with Gasteiger partial charge in [-0.1, -0.05) is 19.8 Å². The fourth-order valence-corrected chi connectivity index (χ4v) is 2.78. The number of carbonyl (C=O) groups is 1. The van der Waals surface area contributed by atoms with Gasteiger partial charge >= 0.3 is 0 Å². The van der Waals surface area contributed by atoms with E-state index >= 15 is 0 Å². The summed E-state index contributed by atoms with van der Waals surface area (Å²) in [6.07, 6.45) is 5.73. The van der Waals surface area contributed by atoms with Crippen molar-refractivity contribution in [2.75, 3.05) is 0 Å². The van der Waals surface area contributed by atoms with E-state index in [1.165, 1.54) is 36.8 Å². The first-order valence-corrected chi connectivity index (χ1v) is 7.68. The van der Waals surface area contributed by atoms with E-state index in [-0.39, 0.29) is 23.2 Å². The molecule has 1 fully saturated rings. The van der Waals surface area contributed by atoms with Crippen LogP contribution in [0.1, 0.15) is 38.2 Å². The van der Waals surface area contributed by atoms with Crippen LogP contribution in [0.4, 0.5) is 5.69 Å². The van der Waals surface area contributed by atoms with Crippen LogP contribution in [-0.2, 0) is 4.79 Å². The zero-order valence-corrected chi connectivity index (χ0v) is 13.0. The molecule has 0 heterocycles. The van der Waals surface area contributed by atoms with E-state index in [4.69, 9.17) is 0 Å². The molecule has 1 aliphatic carbocycles. The standard InChI is InChI=1S/C17H19N3O3/c1-12-4-2-3-5-16(12)19-17(21)14(11-18)10-13-6-8-15(9-7-13)20(22)23/h6-10,12,16H,2-5H2,1H3,(H,19,21)/b14-10+/t12-,16+/m0/s1. The molecule has 1 saturated carbocycles. The Bertz CT molecular complexity index is 659. The van der Waals surface area contributed by atoms with Crippen molar-refractivity contribution < 1.29 is 9.72 Å². The minimum Gasteiger partial charge on any atom is -0.348 e. The molecule has 1 aromatic carbocycles. The normalized spacial score (nSPS) is 21.3. The summed E-state index contributed by atoms with van der Waals surface area (Å²) in [4.78, 5) is 22.4. The van der Waals surface area contributed by atoms with E-state index in [0.29, 0.717) is 11.5 Å². The Hall–Kier alpha value is -2.68. The number of amides is 1. The van der Waals surface area contributed by atoms with E-state index < -0.39 is 4.92 Å². The van der Waals surface area contributed by atoms with E-state index in [2.05, 4.69) is 12.2 Å². The average Bonchev–Trinajstić information content (AvgIpc) is 2.55. The molecule has 0 unspecified atom stereocenters.